The number of carbonyl (C=O) groups excluding carboxylic acids is 1. The highest BCUT2D eigenvalue weighted by Gasteiger charge is 2.67. The summed E-state index contributed by atoms with van der Waals surface area (Å²) in [6, 6.07) is 8.67. The van der Waals surface area contributed by atoms with Crippen molar-refractivity contribution in [3.8, 4) is 11.3 Å². The van der Waals surface area contributed by atoms with E-state index in [4.69, 9.17) is 4.74 Å². The van der Waals surface area contributed by atoms with Gasteiger partial charge in [0.15, 0.2) is 0 Å². The fourth-order valence-electron chi connectivity index (χ4n) is 7.17. The van der Waals surface area contributed by atoms with Gasteiger partial charge in [-0.15, -0.1) is 0 Å². The summed E-state index contributed by atoms with van der Waals surface area (Å²) in [4.78, 5) is 19.0. The van der Waals surface area contributed by atoms with Gasteiger partial charge in [-0.3, -0.25) is 0 Å². The van der Waals surface area contributed by atoms with Crippen LogP contribution in [0, 0.1) is 23.2 Å². The predicted molar refractivity (Wildman–Crippen MR) is 116 cm³/mol. The van der Waals surface area contributed by atoms with Gasteiger partial charge in [0.25, 0.3) is 0 Å². The molecule has 6 heteroatoms. The van der Waals surface area contributed by atoms with E-state index >= 15 is 0 Å². The van der Waals surface area contributed by atoms with Crippen LogP contribution >= 0.6 is 0 Å². The topological polar surface area (TPSA) is 67.6 Å². The maximum atomic E-state index is 12.7. The molecule has 2 aliphatic heterocycles. The van der Waals surface area contributed by atoms with E-state index in [1.807, 2.05) is 38.2 Å². The summed E-state index contributed by atoms with van der Waals surface area (Å²) in [5.41, 5.74) is 3.15. The Kier molecular flexibility index (Phi) is 3.96. The van der Waals surface area contributed by atoms with Crippen LogP contribution in [-0.4, -0.2) is 50.4 Å². The standard InChI is InChI=1S/C25H31N3O3/c1-24(2,3)31-23(30)27-12-15-8-9-16(13-27)25(15)10-19(22(25)29)21-18-7-5-4-6-17(18)20-11-26-14-28(20)21/h4-7,11,14-16,19,21-22,29H,8-10,12-13H2,1-3H3/t15?,16?,19?,21-,22?,25?/m0/s1. The van der Waals surface area contributed by atoms with Gasteiger partial charge in [-0.25, -0.2) is 9.78 Å². The van der Waals surface area contributed by atoms with Gasteiger partial charge >= 0.3 is 6.09 Å². The number of imidazole rings is 1. The highest BCUT2D eigenvalue weighted by atomic mass is 16.6. The Labute approximate surface area is 183 Å². The van der Waals surface area contributed by atoms with Crippen LogP contribution in [0.2, 0.25) is 0 Å². The zero-order chi connectivity index (χ0) is 21.5. The number of rotatable bonds is 1. The highest BCUT2D eigenvalue weighted by Crippen LogP contribution is 2.67. The van der Waals surface area contributed by atoms with Crippen molar-refractivity contribution >= 4 is 6.09 Å². The van der Waals surface area contributed by atoms with Gasteiger partial charge < -0.3 is 19.3 Å². The fourth-order valence-corrected chi connectivity index (χ4v) is 7.17. The van der Waals surface area contributed by atoms with Crippen LogP contribution in [0.3, 0.4) is 0 Å². The molecule has 3 fully saturated rings. The number of carbonyl (C=O) groups is 1. The Hall–Kier alpha value is -2.34. The molecule has 31 heavy (non-hydrogen) atoms. The number of likely N-dealkylation sites (tertiary alicyclic amines) is 1. The molecule has 4 unspecified atom stereocenters. The molecule has 5 atom stereocenters. The number of aliphatic hydroxyl groups excluding tert-OH is 1. The molecule has 1 spiro atoms. The van der Waals surface area contributed by atoms with Crippen molar-refractivity contribution in [1.82, 2.24) is 14.5 Å². The van der Waals surface area contributed by atoms with Gasteiger partial charge in [0.1, 0.15) is 5.60 Å². The zero-order valence-corrected chi connectivity index (χ0v) is 18.5. The summed E-state index contributed by atoms with van der Waals surface area (Å²) in [6.45, 7) is 7.14. The smallest absolute Gasteiger partial charge is 0.410 e. The normalized spacial score (nSPS) is 35.6. The Balaban J connectivity index is 1.25. The zero-order valence-electron chi connectivity index (χ0n) is 18.5. The molecule has 4 aliphatic rings. The average molecular weight is 422 g/mol. The Bertz CT molecular complexity index is 1020. The van der Waals surface area contributed by atoms with E-state index in [0.29, 0.717) is 24.9 Å². The summed E-state index contributed by atoms with van der Waals surface area (Å²) in [7, 11) is 0. The molecule has 2 bridgehead atoms. The number of fused-ring (bicyclic) bond motifs is 3. The Morgan fingerprint density at radius 3 is 2.58 bits per heavy atom. The monoisotopic (exact) mass is 421 g/mol. The van der Waals surface area contributed by atoms with Gasteiger partial charge in [-0.05, 0) is 57.4 Å². The molecule has 2 aromatic rings. The van der Waals surface area contributed by atoms with Gasteiger partial charge in [0, 0.05) is 30.0 Å². The third-order valence-electron chi connectivity index (χ3n) is 8.39. The number of ether oxygens (including phenoxy) is 1. The van der Waals surface area contributed by atoms with Crippen LogP contribution in [0.15, 0.2) is 36.8 Å². The third-order valence-corrected chi connectivity index (χ3v) is 8.39. The molecule has 0 radical (unpaired) electrons. The second kappa shape index (κ2) is 6.35. The average Bonchev–Trinajstić information content (AvgIpc) is 3.35. The predicted octanol–water partition coefficient (Wildman–Crippen LogP) is 4.10. The van der Waals surface area contributed by atoms with Crippen LogP contribution in [0.4, 0.5) is 4.79 Å². The minimum atomic E-state index is -0.481. The van der Waals surface area contributed by atoms with Crippen molar-refractivity contribution in [1.29, 1.82) is 0 Å². The van der Waals surface area contributed by atoms with Gasteiger partial charge in [-0.2, -0.15) is 0 Å². The molecular formula is C25H31N3O3. The molecule has 3 heterocycles. The van der Waals surface area contributed by atoms with Crippen molar-refractivity contribution in [2.24, 2.45) is 23.2 Å². The number of piperidine rings is 1. The van der Waals surface area contributed by atoms with E-state index in [9.17, 15) is 9.90 Å². The lowest BCUT2D eigenvalue weighted by molar-refractivity contribution is -0.194. The number of benzene rings is 1. The summed E-state index contributed by atoms with van der Waals surface area (Å²) >= 11 is 0. The van der Waals surface area contributed by atoms with E-state index in [2.05, 4.69) is 33.8 Å². The lowest BCUT2D eigenvalue weighted by atomic mass is 9.48. The molecule has 164 valence electrons. The second-order valence-corrected chi connectivity index (χ2v) is 11.0. The van der Waals surface area contributed by atoms with Crippen molar-refractivity contribution in [3.63, 3.8) is 0 Å². The number of aliphatic hydroxyl groups is 1. The molecule has 1 aromatic heterocycles. The van der Waals surface area contributed by atoms with Crippen LogP contribution in [0.25, 0.3) is 11.3 Å². The van der Waals surface area contributed by atoms with Crippen molar-refractivity contribution in [2.45, 2.75) is 57.8 Å². The molecule has 1 saturated heterocycles. The quantitative estimate of drug-likeness (QED) is 0.753. The molecule has 1 aromatic carbocycles. The summed E-state index contributed by atoms with van der Waals surface area (Å²) in [6.07, 6.45) is 6.48. The van der Waals surface area contributed by atoms with Gasteiger partial charge in [0.05, 0.1) is 30.4 Å². The first kappa shape index (κ1) is 19.4. The molecule has 6 rings (SSSR count). The van der Waals surface area contributed by atoms with E-state index in [1.165, 1.54) is 11.1 Å². The van der Waals surface area contributed by atoms with Crippen molar-refractivity contribution in [2.75, 3.05) is 13.1 Å². The Morgan fingerprint density at radius 2 is 1.90 bits per heavy atom. The molecule has 1 N–H and O–H groups in total. The summed E-state index contributed by atoms with van der Waals surface area (Å²) in [5.74, 6) is 0.889. The van der Waals surface area contributed by atoms with Crippen LogP contribution in [0.5, 0.6) is 0 Å². The number of amides is 1. The molecular weight excluding hydrogens is 390 g/mol. The maximum absolute atomic E-state index is 12.7. The fraction of sp³-hybridized carbons (Fsp3) is 0.600. The van der Waals surface area contributed by atoms with Crippen molar-refractivity contribution < 1.29 is 14.6 Å². The Morgan fingerprint density at radius 1 is 1.19 bits per heavy atom. The highest BCUT2D eigenvalue weighted by molar-refractivity contribution is 5.70. The van der Waals surface area contributed by atoms with E-state index in [1.54, 1.807) is 0 Å². The number of hydrogen-bond donors (Lipinski definition) is 1. The lowest BCUT2D eigenvalue weighted by Crippen LogP contribution is -2.65. The van der Waals surface area contributed by atoms with Crippen LogP contribution in [-0.2, 0) is 4.74 Å². The van der Waals surface area contributed by atoms with E-state index in [0.717, 1.165) is 25.0 Å². The van der Waals surface area contributed by atoms with Gasteiger partial charge in [0.2, 0.25) is 0 Å². The minimum absolute atomic E-state index is 0.0541. The first-order chi connectivity index (χ1) is 14.8. The molecule has 2 aliphatic carbocycles. The number of hydrogen-bond acceptors (Lipinski definition) is 4. The van der Waals surface area contributed by atoms with Gasteiger partial charge in [-0.1, -0.05) is 24.3 Å². The third kappa shape index (κ3) is 2.60. The summed E-state index contributed by atoms with van der Waals surface area (Å²) in [5, 5.41) is 11.7. The van der Waals surface area contributed by atoms with E-state index < -0.39 is 5.60 Å². The minimum Gasteiger partial charge on any atom is -0.444 e. The maximum Gasteiger partial charge on any atom is 0.410 e. The lowest BCUT2D eigenvalue weighted by Gasteiger charge is -2.61. The molecule has 1 amide bonds. The SMILES string of the molecule is CC(C)(C)OC(=O)N1CC2CCC(C1)C21CC([C@@H]2c3ccccc3-c3cncn32)C1O. The van der Waals surface area contributed by atoms with E-state index in [-0.39, 0.29) is 29.6 Å². The van der Waals surface area contributed by atoms with Crippen LogP contribution in [0.1, 0.15) is 51.6 Å². The van der Waals surface area contributed by atoms with Crippen molar-refractivity contribution in [3.05, 3.63) is 42.4 Å². The first-order valence-electron chi connectivity index (χ1n) is 11.6. The second-order valence-electron chi connectivity index (χ2n) is 11.0. The summed E-state index contributed by atoms with van der Waals surface area (Å²) < 4.78 is 7.89. The first-order valence-corrected chi connectivity index (χ1v) is 11.6. The molecule has 2 saturated carbocycles. The number of aromatic nitrogens is 2. The van der Waals surface area contributed by atoms with Crippen LogP contribution < -0.4 is 0 Å². The largest absolute Gasteiger partial charge is 0.444 e. The molecule has 6 nitrogen and oxygen atoms in total. The number of nitrogens with zero attached hydrogens (tertiary/aromatic N) is 3.